The van der Waals surface area contributed by atoms with E-state index in [1.165, 1.54) is 12.0 Å². The maximum absolute atomic E-state index is 14.1. The van der Waals surface area contributed by atoms with Crippen LogP contribution in [-0.2, 0) is 32.6 Å². The van der Waals surface area contributed by atoms with Crippen LogP contribution in [0.1, 0.15) is 37.0 Å². The monoisotopic (exact) mass is 565 g/mol. The number of nitrogens with zero attached hydrogens (tertiary/aromatic N) is 2. The van der Waals surface area contributed by atoms with Crippen molar-refractivity contribution in [3.63, 3.8) is 0 Å². The van der Waals surface area contributed by atoms with Crippen LogP contribution in [0.25, 0.3) is 0 Å². The van der Waals surface area contributed by atoms with Gasteiger partial charge in [-0.2, -0.15) is 0 Å². The first-order valence-electron chi connectivity index (χ1n) is 13.3. The number of amides is 2. The molecular weight excluding hydrogens is 526 g/mol. The number of sulfonamides is 1. The number of ether oxygens (including phenoxy) is 1. The minimum absolute atomic E-state index is 0.0890. The third kappa shape index (κ3) is 8.58. The Kier molecular flexibility index (Phi) is 10.7. The van der Waals surface area contributed by atoms with Gasteiger partial charge < -0.3 is 15.0 Å². The lowest BCUT2D eigenvalue weighted by Gasteiger charge is -2.34. The molecule has 0 aromatic heterocycles. The molecule has 3 aromatic carbocycles. The van der Waals surface area contributed by atoms with Crippen LogP contribution in [0, 0.1) is 6.92 Å². The van der Waals surface area contributed by atoms with E-state index < -0.39 is 28.5 Å². The maximum Gasteiger partial charge on any atom is 0.244 e. The first-order valence-corrected chi connectivity index (χ1v) is 15.2. The second kappa shape index (κ2) is 14.0. The van der Waals surface area contributed by atoms with Crippen LogP contribution in [0.4, 0.5) is 5.69 Å². The highest BCUT2D eigenvalue weighted by molar-refractivity contribution is 7.92. The zero-order valence-electron chi connectivity index (χ0n) is 23.8. The van der Waals surface area contributed by atoms with Crippen molar-refractivity contribution in [2.45, 2.75) is 52.2 Å². The van der Waals surface area contributed by atoms with Gasteiger partial charge in [0.2, 0.25) is 21.8 Å². The summed E-state index contributed by atoms with van der Waals surface area (Å²) in [5, 5.41) is 3.03. The fraction of sp³-hybridized carbons (Fsp3) is 0.355. The molecule has 8 nitrogen and oxygen atoms in total. The smallest absolute Gasteiger partial charge is 0.244 e. The summed E-state index contributed by atoms with van der Waals surface area (Å²) in [5.74, 6) is -0.203. The molecule has 3 aromatic rings. The van der Waals surface area contributed by atoms with Crippen LogP contribution < -0.4 is 14.4 Å². The summed E-state index contributed by atoms with van der Waals surface area (Å²) in [6.07, 6.45) is 2.07. The van der Waals surface area contributed by atoms with Gasteiger partial charge in [0.15, 0.2) is 0 Å². The van der Waals surface area contributed by atoms with Gasteiger partial charge in [0.1, 0.15) is 18.3 Å². The minimum Gasteiger partial charge on any atom is -0.497 e. The lowest BCUT2D eigenvalue weighted by Crippen LogP contribution is -2.54. The molecule has 0 aliphatic heterocycles. The number of rotatable bonds is 13. The molecule has 214 valence electrons. The van der Waals surface area contributed by atoms with Crippen molar-refractivity contribution in [3.05, 3.63) is 95.6 Å². The fourth-order valence-electron chi connectivity index (χ4n) is 4.25. The van der Waals surface area contributed by atoms with Gasteiger partial charge in [-0.05, 0) is 55.7 Å². The number of aryl methyl sites for hydroxylation is 1. The summed E-state index contributed by atoms with van der Waals surface area (Å²) < 4.78 is 32.0. The van der Waals surface area contributed by atoms with Crippen molar-refractivity contribution < 1.29 is 22.7 Å². The molecular formula is C31H39N3O5S. The molecule has 0 saturated heterocycles. The van der Waals surface area contributed by atoms with E-state index in [9.17, 15) is 18.0 Å². The van der Waals surface area contributed by atoms with E-state index in [0.717, 1.165) is 33.7 Å². The second-order valence-corrected chi connectivity index (χ2v) is 11.9. The maximum atomic E-state index is 14.1. The van der Waals surface area contributed by atoms with Gasteiger partial charge in [0, 0.05) is 19.0 Å². The molecule has 2 atom stereocenters. The van der Waals surface area contributed by atoms with Crippen LogP contribution in [0.2, 0.25) is 0 Å². The van der Waals surface area contributed by atoms with Gasteiger partial charge in [-0.1, -0.05) is 67.1 Å². The van der Waals surface area contributed by atoms with E-state index in [-0.39, 0.29) is 24.9 Å². The topological polar surface area (TPSA) is 96.0 Å². The number of carbonyl (C=O) groups is 2. The molecule has 0 heterocycles. The Labute approximate surface area is 238 Å². The van der Waals surface area contributed by atoms with E-state index in [4.69, 9.17) is 4.74 Å². The van der Waals surface area contributed by atoms with Gasteiger partial charge in [0.05, 0.1) is 19.1 Å². The first kappa shape index (κ1) is 30.7. The molecule has 3 rings (SSSR count). The van der Waals surface area contributed by atoms with E-state index in [0.29, 0.717) is 11.4 Å². The number of anilines is 1. The quantitative estimate of drug-likeness (QED) is 0.333. The predicted molar refractivity (Wildman–Crippen MR) is 159 cm³/mol. The Morgan fingerprint density at radius 3 is 2.10 bits per heavy atom. The largest absolute Gasteiger partial charge is 0.497 e. The van der Waals surface area contributed by atoms with E-state index >= 15 is 0 Å². The summed E-state index contributed by atoms with van der Waals surface area (Å²) in [6.45, 7) is 5.55. The van der Waals surface area contributed by atoms with Crippen molar-refractivity contribution in [2.24, 2.45) is 0 Å². The second-order valence-electron chi connectivity index (χ2n) is 10.00. The average Bonchev–Trinajstić information content (AvgIpc) is 2.94. The Bertz CT molecular complexity index is 1360. The van der Waals surface area contributed by atoms with E-state index in [1.807, 2.05) is 75.4 Å². The number of carbonyl (C=O) groups excluding carboxylic acids is 2. The van der Waals surface area contributed by atoms with Gasteiger partial charge in [-0.15, -0.1) is 0 Å². The first-order chi connectivity index (χ1) is 19.0. The fourth-order valence-corrected chi connectivity index (χ4v) is 5.10. The Morgan fingerprint density at radius 1 is 0.925 bits per heavy atom. The molecule has 0 radical (unpaired) electrons. The van der Waals surface area contributed by atoms with Crippen LogP contribution in [0.5, 0.6) is 5.75 Å². The normalized spacial score (nSPS) is 12.7. The highest BCUT2D eigenvalue weighted by atomic mass is 32.2. The summed E-state index contributed by atoms with van der Waals surface area (Å²) in [7, 11) is -2.31. The summed E-state index contributed by atoms with van der Waals surface area (Å²) in [5.41, 5.74) is 3.13. The number of hydrogen-bond acceptors (Lipinski definition) is 5. The summed E-state index contributed by atoms with van der Waals surface area (Å²) in [4.78, 5) is 29.3. The molecule has 0 saturated carbocycles. The number of benzene rings is 3. The van der Waals surface area contributed by atoms with Crippen molar-refractivity contribution in [1.29, 1.82) is 0 Å². The van der Waals surface area contributed by atoms with Crippen molar-refractivity contribution in [1.82, 2.24) is 10.2 Å². The average molecular weight is 566 g/mol. The van der Waals surface area contributed by atoms with Gasteiger partial charge in [0.25, 0.3) is 0 Å². The van der Waals surface area contributed by atoms with Crippen LogP contribution >= 0.6 is 0 Å². The van der Waals surface area contributed by atoms with Crippen molar-refractivity contribution in [2.75, 3.05) is 24.2 Å². The molecule has 0 aliphatic carbocycles. The zero-order valence-corrected chi connectivity index (χ0v) is 24.6. The molecule has 0 aliphatic rings. The van der Waals surface area contributed by atoms with Crippen molar-refractivity contribution >= 4 is 27.5 Å². The van der Waals surface area contributed by atoms with Gasteiger partial charge in [-0.3, -0.25) is 13.9 Å². The lowest BCUT2D eigenvalue weighted by molar-refractivity contribution is -0.140. The van der Waals surface area contributed by atoms with Crippen LogP contribution in [-0.4, -0.2) is 57.1 Å². The molecule has 0 unspecified atom stereocenters. The molecule has 1 N–H and O–H groups in total. The summed E-state index contributed by atoms with van der Waals surface area (Å²) >= 11 is 0. The predicted octanol–water partition coefficient (Wildman–Crippen LogP) is 4.32. The summed E-state index contributed by atoms with van der Waals surface area (Å²) in [6, 6.07) is 22.7. The van der Waals surface area contributed by atoms with Crippen LogP contribution in [0.15, 0.2) is 78.9 Å². The van der Waals surface area contributed by atoms with E-state index in [2.05, 4.69) is 5.32 Å². The molecule has 40 heavy (non-hydrogen) atoms. The number of nitrogens with one attached hydrogen (secondary N) is 1. The number of hydrogen-bond donors (Lipinski definition) is 1. The van der Waals surface area contributed by atoms with Gasteiger partial charge >= 0.3 is 0 Å². The minimum atomic E-state index is -3.83. The third-order valence-corrected chi connectivity index (χ3v) is 7.93. The van der Waals surface area contributed by atoms with Crippen LogP contribution in [0.3, 0.4) is 0 Å². The molecule has 9 heteroatoms. The number of methoxy groups -OCH3 is 1. The van der Waals surface area contributed by atoms with E-state index in [1.54, 1.807) is 24.3 Å². The molecule has 0 bridgehead atoms. The highest BCUT2D eigenvalue weighted by Gasteiger charge is 2.33. The Hall–Kier alpha value is -3.85. The Morgan fingerprint density at radius 2 is 1.55 bits per heavy atom. The Balaban J connectivity index is 2.04. The SMILES string of the molecule is CC[C@@H](C)NC(=O)[C@H](Cc1ccccc1)N(Cc1ccc(C)cc1)C(=O)CN(c1ccc(OC)cc1)S(C)(=O)=O. The standard InChI is InChI=1S/C31H39N3O5S/c1-6-24(3)32-31(36)29(20-25-10-8-7-9-11-25)33(21-26-14-12-23(2)13-15-26)30(35)22-34(40(5,37)38)27-16-18-28(39-4)19-17-27/h7-19,24,29H,6,20-22H2,1-5H3,(H,32,36)/t24-,29+/m1/s1. The zero-order chi connectivity index (χ0) is 29.3. The lowest BCUT2D eigenvalue weighted by atomic mass is 10.0. The van der Waals surface area contributed by atoms with Crippen molar-refractivity contribution in [3.8, 4) is 5.75 Å². The highest BCUT2D eigenvalue weighted by Crippen LogP contribution is 2.23. The molecule has 2 amide bonds. The molecule has 0 spiro atoms. The third-order valence-electron chi connectivity index (χ3n) is 6.79. The molecule has 0 fully saturated rings. The van der Waals surface area contributed by atoms with Gasteiger partial charge in [-0.25, -0.2) is 8.42 Å².